The van der Waals surface area contributed by atoms with E-state index in [9.17, 15) is 24.6 Å². The number of aliphatic hydroxyl groups is 2. The van der Waals surface area contributed by atoms with Crippen molar-refractivity contribution in [3.8, 4) is 0 Å². The first-order valence-corrected chi connectivity index (χ1v) is 10.2. The molecule has 1 aliphatic rings. The molecule has 1 aliphatic heterocycles. The summed E-state index contributed by atoms with van der Waals surface area (Å²) in [6, 6.07) is 0. The molecule has 31 heavy (non-hydrogen) atoms. The lowest BCUT2D eigenvalue weighted by molar-refractivity contribution is -0.312. The third-order valence-electron chi connectivity index (χ3n) is 4.70. The molecule has 0 aromatic carbocycles. The van der Waals surface area contributed by atoms with Crippen molar-refractivity contribution in [3.63, 3.8) is 0 Å². The fourth-order valence-corrected chi connectivity index (χ4v) is 2.83. The largest absolute Gasteiger partial charge is 0.464 e. The van der Waals surface area contributed by atoms with E-state index in [0.717, 1.165) is 0 Å². The van der Waals surface area contributed by atoms with Crippen molar-refractivity contribution in [2.75, 3.05) is 20.3 Å². The fourth-order valence-electron chi connectivity index (χ4n) is 2.83. The van der Waals surface area contributed by atoms with E-state index < -0.39 is 58.9 Å². The number of hydrogen-bond acceptors (Lipinski definition) is 10. The minimum Gasteiger partial charge on any atom is -0.464 e. The molecule has 1 saturated heterocycles. The summed E-state index contributed by atoms with van der Waals surface area (Å²) in [5.74, 6) is -2.29. The molecule has 1 rings (SSSR count). The summed E-state index contributed by atoms with van der Waals surface area (Å²) in [6.45, 7) is 11.1. The Hall–Kier alpha value is -1.75. The zero-order valence-corrected chi connectivity index (χ0v) is 19.6. The molecule has 1 fully saturated rings. The SMILES string of the molecule is CCOC(=O)[C@H](O)[C@]1(O)C[C@@H](COC(=O)C(C)(C)C)O[C@H](OC)[C@@H]1OC(=O)C(C)(C)C. The second-order valence-corrected chi connectivity index (χ2v) is 9.64. The average molecular weight is 449 g/mol. The van der Waals surface area contributed by atoms with Gasteiger partial charge in [0.2, 0.25) is 0 Å². The lowest BCUT2D eigenvalue weighted by Gasteiger charge is -2.47. The topological polar surface area (TPSA) is 138 Å². The molecule has 1 heterocycles. The van der Waals surface area contributed by atoms with Crippen molar-refractivity contribution >= 4 is 17.9 Å². The molecule has 10 nitrogen and oxygen atoms in total. The van der Waals surface area contributed by atoms with E-state index >= 15 is 0 Å². The van der Waals surface area contributed by atoms with E-state index in [4.69, 9.17) is 23.7 Å². The van der Waals surface area contributed by atoms with Crippen LogP contribution in [0, 0.1) is 10.8 Å². The van der Waals surface area contributed by atoms with Crippen LogP contribution < -0.4 is 0 Å². The predicted molar refractivity (Wildman–Crippen MR) is 108 cm³/mol. The van der Waals surface area contributed by atoms with Gasteiger partial charge in [-0.2, -0.15) is 0 Å². The Balaban J connectivity index is 3.22. The first kappa shape index (κ1) is 27.3. The average Bonchev–Trinajstić information content (AvgIpc) is 2.65. The van der Waals surface area contributed by atoms with Gasteiger partial charge in [0.15, 0.2) is 18.5 Å². The standard InChI is InChI=1S/C21H36O10/c1-9-28-15(23)13(22)21(26)10-12(11-29-17(24)19(2,3)4)30-16(27-8)14(21)31-18(25)20(5,6)7/h12-14,16,22,26H,9-11H2,1-8H3/t12-,13-,14-,16-,21+/m0/s1. The molecule has 0 radical (unpaired) electrons. The molecule has 0 unspecified atom stereocenters. The Labute approximate surface area is 183 Å². The van der Waals surface area contributed by atoms with Crippen molar-refractivity contribution in [1.29, 1.82) is 0 Å². The lowest BCUT2D eigenvalue weighted by Crippen LogP contribution is -2.67. The van der Waals surface area contributed by atoms with E-state index in [2.05, 4.69) is 0 Å². The van der Waals surface area contributed by atoms with Crippen LogP contribution in [0.15, 0.2) is 0 Å². The number of rotatable bonds is 7. The van der Waals surface area contributed by atoms with Crippen molar-refractivity contribution in [2.45, 2.75) is 85.1 Å². The van der Waals surface area contributed by atoms with Crippen molar-refractivity contribution in [3.05, 3.63) is 0 Å². The zero-order valence-electron chi connectivity index (χ0n) is 19.6. The Morgan fingerprint density at radius 1 is 1.06 bits per heavy atom. The second-order valence-electron chi connectivity index (χ2n) is 9.64. The zero-order chi connectivity index (χ0) is 24.2. The molecule has 0 bridgehead atoms. The normalized spacial score (nSPS) is 27.9. The van der Waals surface area contributed by atoms with E-state index in [1.54, 1.807) is 48.5 Å². The minimum absolute atomic E-state index is 0.0325. The molecule has 0 aromatic rings. The highest BCUT2D eigenvalue weighted by atomic mass is 16.7. The van der Waals surface area contributed by atoms with Crippen molar-refractivity contribution in [1.82, 2.24) is 0 Å². The molecular formula is C21H36O10. The van der Waals surface area contributed by atoms with Gasteiger partial charge in [0.25, 0.3) is 0 Å². The van der Waals surface area contributed by atoms with Gasteiger partial charge in [-0.25, -0.2) is 4.79 Å². The monoisotopic (exact) mass is 448 g/mol. The molecule has 0 aliphatic carbocycles. The molecule has 0 amide bonds. The van der Waals surface area contributed by atoms with Gasteiger partial charge in [0, 0.05) is 13.5 Å². The van der Waals surface area contributed by atoms with Gasteiger partial charge in [-0.3, -0.25) is 9.59 Å². The summed E-state index contributed by atoms with van der Waals surface area (Å²) in [7, 11) is 1.25. The molecule has 2 N–H and O–H groups in total. The first-order valence-electron chi connectivity index (χ1n) is 10.2. The van der Waals surface area contributed by atoms with Gasteiger partial charge in [-0.15, -0.1) is 0 Å². The quantitative estimate of drug-likeness (QED) is 0.427. The van der Waals surface area contributed by atoms with Crippen LogP contribution in [0.5, 0.6) is 0 Å². The number of carbonyl (C=O) groups excluding carboxylic acids is 3. The smallest absolute Gasteiger partial charge is 0.338 e. The predicted octanol–water partition coefficient (Wildman–Crippen LogP) is 0.950. The highest BCUT2D eigenvalue weighted by Crippen LogP contribution is 2.37. The molecule has 0 saturated carbocycles. The molecular weight excluding hydrogens is 412 g/mol. The number of hydrogen-bond donors (Lipinski definition) is 2. The van der Waals surface area contributed by atoms with Gasteiger partial charge in [0.1, 0.15) is 12.2 Å². The van der Waals surface area contributed by atoms with Crippen LogP contribution in [0.2, 0.25) is 0 Å². The van der Waals surface area contributed by atoms with E-state index in [0.29, 0.717) is 0 Å². The lowest BCUT2D eigenvalue weighted by atomic mass is 9.81. The fraction of sp³-hybridized carbons (Fsp3) is 0.857. The third kappa shape index (κ3) is 6.86. The number of esters is 3. The van der Waals surface area contributed by atoms with E-state index in [-0.39, 0.29) is 19.6 Å². The minimum atomic E-state index is -2.31. The summed E-state index contributed by atoms with van der Waals surface area (Å²) in [4.78, 5) is 36.8. The molecule has 10 heteroatoms. The van der Waals surface area contributed by atoms with Crippen LogP contribution in [-0.4, -0.2) is 78.6 Å². The molecule has 5 atom stereocenters. The van der Waals surface area contributed by atoms with Crippen LogP contribution in [0.1, 0.15) is 54.9 Å². The van der Waals surface area contributed by atoms with Gasteiger partial charge in [0.05, 0.1) is 23.5 Å². The Morgan fingerprint density at radius 3 is 2.06 bits per heavy atom. The van der Waals surface area contributed by atoms with Crippen LogP contribution in [0.25, 0.3) is 0 Å². The summed E-state index contributed by atoms with van der Waals surface area (Å²) in [6.07, 6.45) is -6.28. The van der Waals surface area contributed by atoms with Crippen LogP contribution in [0.3, 0.4) is 0 Å². The van der Waals surface area contributed by atoms with E-state index in [1.807, 2.05) is 0 Å². The van der Waals surface area contributed by atoms with Gasteiger partial charge in [-0.1, -0.05) is 0 Å². The second kappa shape index (κ2) is 10.2. The molecule has 180 valence electrons. The van der Waals surface area contributed by atoms with Crippen molar-refractivity contribution < 1.29 is 48.3 Å². The molecule has 0 aromatic heterocycles. The maximum absolute atomic E-state index is 12.5. The maximum atomic E-state index is 12.5. The first-order chi connectivity index (χ1) is 14.1. The summed E-state index contributed by atoms with van der Waals surface area (Å²) < 4.78 is 26.5. The Bertz CT molecular complexity index is 648. The van der Waals surface area contributed by atoms with Crippen LogP contribution in [0.4, 0.5) is 0 Å². The molecule has 0 spiro atoms. The van der Waals surface area contributed by atoms with Gasteiger partial charge >= 0.3 is 17.9 Å². The number of methoxy groups -OCH3 is 1. The number of ether oxygens (including phenoxy) is 5. The number of carbonyl (C=O) groups is 3. The Morgan fingerprint density at radius 2 is 1.61 bits per heavy atom. The highest BCUT2D eigenvalue weighted by Gasteiger charge is 2.59. The van der Waals surface area contributed by atoms with Crippen molar-refractivity contribution in [2.24, 2.45) is 10.8 Å². The van der Waals surface area contributed by atoms with Gasteiger partial charge in [-0.05, 0) is 48.5 Å². The van der Waals surface area contributed by atoms with Crippen LogP contribution in [-0.2, 0) is 38.1 Å². The highest BCUT2D eigenvalue weighted by molar-refractivity contribution is 5.78. The summed E-state index contributed by atoms with van der Waals surface area (Å²) >= 11 is 0. The summed E-state index contributed by atoms with van der Waals surface area (Å²) in [5.41, 5.74) is -4.01. The maximum Gasteiger partial charge on any atom is 0.338 e. The summed E-state index contributed by atoms with van der Waals surface area (Å²) in [5, 5.41) is 22.0. The third-order valence-corrected chi connectivity index (χ3v) is 4.70. The van der Waals surface area contributed by atoms with E-state index in [1.165, 1.54) is 7.11 Å². The van der Waals surface area contributed by atoms with Gasteiger partial charge < -0.3 is 33.9 Å². The number of aliphatic hydroxyl groups excluding tert-OH is 1. The Kier molecular flexibility index (Phi) is 9.02. The van der Waals surface area contributed by atoms with Crippen LogP contribution >= 0.6 is 0 Å².